The van der Waals surface area contributed by atoms with Gasteiger partial charge in [0.2, 0.25) is 10.0 Å². The number of halogens is 1. The fourth-order valence-electron chi connectivity index (χ4n) is 2.10. The molecule has 1 aliphatic rings. The van der Waals surface area contributed by atoms with Gasteiger partial charge in [-0.05, 0) is 37.1 Å². The molecule has 2 rings (SSSR count). The van der Waals surface area contributed by atoms with E-state index in [-0.39, 0.29) is 11.4 Å². The second-order valence-corrected chi connectivity index (χ2v) is 6.92. The highest BCUT2D eigenvalue weighted by Gasteiger charge is 2.26. The zero-order chi connectivity index (χ0) is 15.5. The van der Waals surface area contributed by atoms with Gasteiger partial charge in [0.1, 0.15) is 11.6 Å². The zero-order valence-electron chi connectivity index (χ0n) is 12.0. The summed E-state index contributed by atoms with van der Waals surface area (Å²) < 4.78 is 44.3. The average Bonchev–Trinajstić information content (AvgIpc) is 2.48. The minimum atomic E-state index is -3.63. The van der Waals surface area contributed by atoms with E-state index >= 15 is 0 Å². The van der Waals surface area contributed by atoms with E-state index in [1.54, 1.807) is 37.5 Å². The summed E-state index contributed by atoms with van der Waals surface area (Å²) in [6.07, 6.45) is 3.40. The van der Waals surface area contributed by atoms with Crippen LogP contribution in [0, 0.1) is 0 Å². The predicted molar refractivity (Wildman–Crippen MR) is 80.9 cm³/mol. The van der Waals surface area contributed by atoms with E-state index in [9.17, 15) is 12.8 Å². The second-order valence-electron chi connectivity index (χ2n) is 4.81. The third kappa shape index (κ3) is 3.71. The SMILES string of the molecule is COc1ccc(/C=C(\C)S(=O)(=O)N2CCC=C(F)C2)cc1. The molecule has 4 nitrogen and oxygen atoms in total. The molecule has 0 aliphatic carbocycles. The molecule has 21 heavy (non-hydrogen) atoms. The summed E-state index contributed by atoms with van der Waals surface area (Å²) in [5.74, 6) is 0.304. The lowest BCUT2D eigenvalue weighted by Gasteiger charge is -2.24. The molecule has 1 aromatic rings. The van der Waals surface area contributed by atoms with Gasteiger partial charge in [-0.15, -0.1) is 0 Å². The topological polar surface area (TPSA) is 46.6 Å². The normalized spacial score (nSPS) is 17.5. The van der Waals surface area contributed by atoms with E-state index < -0.39 is 15.9 Å². The van der Waals surface area contributed by atoms with Crippen LogP contribution in [0.5, 0.6) is 5.75 Å². The molecule has 0 aromatic heterocycles. The maximum Gasteiger partial charge on any atom is 0.239 e. The second kappa shape index (κ2) is 6.41. The Hall–Kier alpha value is -1.66. The van der Waals surface area contributed by atoms with Gasteiger partial charge in [0.25, 0.3) is 0 Å². The molecule has 114 valence electrons. The maximum atomic E-state index is 13.3. The number of nitrogens with zero attached hydrogens (tertiary/aromatic N) is 1. The molecule has 0 atom stereocenters. The van der Waals surface area contributed by atoms with Crippen molar-refractivity contribution in [1.82, 2.24) is 4.31 Å². The molecule has 1 aromatic carbocycles. The van der Waals surface area contributed by atoms with Crippen molar-refractivity contribution in [3.05, 3.63) is 46.6 Å². The summed E-state index contributed by atoms with van der Waals surface area (Å²) in [5, 5.41) is 0. The van der Waals surface area contributed by atoms with E-state index in [2.05, 4.69) is 0 Å². The van der Waals surface area contributed by atoms with Gasteiger partial charge in [0, 0.05) is 6.54 Å². The zero-order valence-corrected chi connectivity index (χ0v) is 12.9. The van der Waals surface area contributed by atoms with Gasteiger partial charge >= 0.3 is 0 Å². The fraction of sp³-hybridized carbons (Fsp3) is 0.333. The van der Waals surface area contributed by atoms with Crippen LogP contribution in [0.15, 0.2) is 41.1 Å². The molecule has 0 N–H and O–H groups in total. The third-order valence-electron chi connectivity index (χ3n) is 3.30. The van der Waals surface area contributed by atoms with E-state index in [0.29, 0.717) is 18.7 Å². The third-order valence-corrected chi connectivity index (χ3v) is 5.23. The van der Waals surface area contributed by atoms with Crippen LogP contribution in [-0.4, -0.2) is 32.9 Å². The number of hydrogen-bond acceptors (Lipinski definition) is 3. The largest absolute Gasteiger partial charge is 0.497 e. The summed E-state index contributed by atoms with van der Waals surface area (Å²) in [5.41, 5.74) is 0.755. The Labute approximate surface area is 124 Å². The first kappa shape index (κ1) is 15.7. The number of benzene rings is 1. The lowest BCUT2D eigenvalue weighted by atomic mass is 10.2. The van der Waals surface area contributed by atoms with Crippen molar-refractivity contribution in [3.8, 4) is 5.75 Å². The summed E-state index contributed by atoms with van der Waals surface area (Å²) >= 11 is 0. The van der Waals surface area contributed by atoms with Crippen LogP contribution < -0.4 is 4.74 Å². The Morgan fingerprint density at radius 2 is 2.00 bits per heavy atom. The lowest BCUT2D eigenvalue weighted by molar-refractivity contribution is 0.392. The van der Waals surface area contributed by atoms with E-state index in [4.69, 9.17) is 4.74 Å². The van der Waals surface area contributed by atoms with Gasteiger partial charge in [-0.3, -0.25) is 0 Å². The minimum Gasteiger partial charge on any atom is -0.497 e. The molecular formula is C15H18FNO3S. The lowest BCUT2D eigenvalue weighted by Crippen LogP contribution is -2.35. The van der Waals surface area contributed by atoms with Crippen LogP contribution in [0.4, 0.5) is 4.39 Å². The van der Waals surface area contributed by atoms with Crippen molar-refractivity contribution in [3.63, 3.8) is 0 Å². The Balaban J connectivity index is 2.22. The Bertz CT molecular complexity index is 663. The quantitative estimate of drug-likeness (QED) is 0.859. The molecule has 0 radical (unpaired) electrons. The molecular weight excluding hydrogens is 293 g/mol. The molecule has 1 aliphatic heterocycles. The smallest absolute Gasteiger partial charge is 0.239 e. The van der Waals surface area contributed by atoms with Crippen LogP contribution in [0.25, 0.3) is 6.08 Å². The van der Waals surface area contributed by atoms with Crippen molar-refractivity contribution >= 4 is 16.1 Å². The molecule has 0 spiro atoms. The Morgan fingerprint density at radius 3 is 2.57 bits per heavy atom. The number of rotatable bonds is 4. The average molecular weight is 311 g/mol. The molecule has 1 heterocycles. The van der Waals surface area contributed by atoms with Crippen molar-refractivity contribution in [2.24, 2.45) is 0 Å². The monoisotopic (exact) mass is 311 g/mol. The molecule has 0 saturated heterocycles. The molecule has 0 fully saturated rings. The number of hydrogen-bond donors (Lipinski definition) is 0. The molecule has 0 bridgehead atoms. The van der Waals surface area contributed by atoms with Crippen LogP contribution in [0.3, 0.4) is 0 Å². The number of methoxy groups -OCH3 is 1. The predicted octanol–water partition coefficient (Wildman–Crippen LogP) is 2.94. The van der Waals surface area contributed by atoms with Gasteiger partial charge in [-0.1, -0.05) is 18.2 Å². The van der Waals surface area contributed by atoms with E-state index in [1.165, 1.54) is 13.0 Å². The first-order valence-electron chi connectivity index (χ1n) is 6.60. The molecule has 6 heteroatoms. The van der Waals surface area contributed by atoms with E-state index in [1.807, 2.05) is 0 Å². The first-order chi connectivity index (χ1) is 9.93. The Kier molecular flexibility index (Phi) is 4.80. The van der Waals surface area contributed by atoms with E-state index in [0.717, 1.165) is 9.87 Å². The summed E-state index contributed by atoms with van der Waals surface area (Å²) in [4.78, 5) is 0.197. The molecule has 0 unspecified atom stereocenters. The van der Waals surface area contributed by atoms with Crippen molar-refractivity contribution in [1.29, 1.82) is 0 Å². The van der Waals surface area contributed by atoms with Gasteiger partial charge < -0.3 is 4.74 Å². The summed E-state index contributed by atoms with van der Waals surface area (Å²) in [6, 6.07) is 7.06. The van der Waals surface area contributed by atoms with Crippen LogP contribution in [0.2, 0.25) is 0 Å². The molecule has 0 amide bonds. The number of allylic oxidation sites excluding steroid dienone is 1. The summed E-state index contributed by atoms with van der Waals surface area (Å²) in [6.45, 7) is 1.65. The fourth-order valence-corrected chi connectivity index (χ4v) is 3.43. The van der Waals surface area contributed by atoms with Crippen molar-refractivity contribution in [2.75, 3.05) is 20.2 Å². The summed E-state index contributed by atoms with van der Waals surface area (Å²) in [7, 11) is -2.06. The highest BCUT2D eigenvalue weighted by molar-refractivity contribution is 7.93. The maximum absolute atomic E-state index is 13.3. The number of sulfonamides is 1. The van der Waals surface area contributed by atoms with Crippen LogP contribution in [-0.2, 0) is 10.0 Å². The van der Waals surface area contributed by atoms with Crippen LogP contribution >= 0.6 is 0 Å². The highest BCUT2D eigenvalue weighted by atomic mass is 32.2. The van der Waals surface area contributed by atoms with Gasteiger partial charge in [0.05, 0.1) is 18.6 Å². The highest BCUT2D eigenvalue weighted by Crippen LogP contribution is 2.22. The van der Waals surface area contributed by atoms with Gasteiger partial charge in [-0.2, -0.15) is 4.31 Å². The first-order valence-corrected chi connectivity index (χ1v) is 8.04. The van der Waals surface area contributed by atoms with Crippen molar-refractivity contribution < 1.29 is 17.5 Å². The molecule has 0 saturated carbocycles. The van der Waals surface area contributed by atoms with Gasteiger partial charge in [0.15, 0.2) is 0 Å². The van der Waals surface area contributed by atoms with Crippen LogP contribution in [0.1, 0.15) is 18.9 Å². The number of ether oxygens (including phenoxy) is 1. The van der Waals surface area contributed by atoms with Crippen molar-refractivity contribution in [2.45, 2.75) is 13.3 Å². The van der Waals surface area contributed by atoms with Gasteiger partial charge in [-0.25, -0.2) is 12.8 Å². The minimum absolute atomic E-state index is 0.184. The Morgan fingerprint density at radius 1 is 1.33 bits per heavy atom. The standard InChI is InChI=1S/C15H18FNO3S/c1-12(10-13-5-7-15(20-2)8-6-13)21(18,19)17-9-3-4-14(16)11-17/h4-8,10H,3,9,11H2,1-2H3/b12-10+.